The fourth-order valence-corrected chi connectivity index (χ4v) is 1.99. The van der Waals surface area contributed by atoms with E-state index in [0.29, 0.717) is 12.1 Å². The van der Waals surface area contributed by atoms with Gasteiger partial charge in [0, 0.05) is 12.1 Å². The first-order valence-corrected chi connectivity index (χ1v) is 5.90. The van der Waals surface area contributed by atoms with E-state index in [-0.39, 0.29) is 11.6 Å². The molecule has 1 aliphatic rings. The van der Waals surface area contributed by atoms with Crippen molar-refractivity contribution >= 4 is 0 Å². The quantitative estimate of drug-likeness (QED) is 0.758. The Balaban J connectivity index is 1.73. The third-order valence-electron chi connectivity index (χ3n) is 3.28. The van der Waals surface area contributed by atoms with Gasteiger partial charge >= 0.3 is 0 Å². The zero-order valence-electron chi connectivity index (χ0n) is 9.31. The first-order valence-electron chi connectivity index (χ1n) is 5.90. The highest BCUT2D eigenvalue weighted by Crippen LogP contribution is 2.28. The smallest absolute Gasteiger partial charge is 0.127 e. The molecule has 0 spiro atoms. The van der Waals surface area contributed by atoms with Crippen molar-refractivity contribution in [1.29, 1.82) is 0 Å². The Morgan fingerprint density at radius 2 is 2.06 bits per heavy atom. The average molecular weight is 225 g/mol. The van der Waals surface area contributed by atoms with Crippen molar-refractivity contribution in [1.82, 2.24) is 5.32 Å². The molecule has 1 saturated carbocycles. The molecule has 1 aliphatic carbocycles. The van der Waals surface area contributed by atoms with Crippen molar-refractivity contribution in [2.24, 2.45) is 5.92 Å². The monoisotopic (exact) mass is 225 g/mol. The number of hydrogen-bond acceptors (Lipinski definition) is 1. The van der Waals surface area contributed by atoms with Crippen LogP contribution in [0.3, 0.4) is 0 Å². The number of halogens is 2. The molecule has 0 atom stereocenters. The van der Waals surface area contributed by atoms with Crippen LogP contribution < -0.4 is 5.32 Å². The Hall–Kier alpha value is -0.960. The molecule has 1 aromatic rings. The molecule has 2 rings (SSSR count). The van der Waals surface area contributed by atoms with Crippen molar-refractivity contribution in [2.75, 3.05) is 6.54 Å². The SMILES string of the molecule is Fc1ccc(F)c(CNCCC2CCC2)c1. The Bertz CT molecular complexity index is 348. The summed E-state index contributed by atoms with van der Waals surface area (Å²) in [6, 6.07) is 3.58. The number of benzene rings is 1. The molecular weight excluding hydrogens is 208 g/mol. The predicted octanol–water partition coefficient (Wildman–Crippen LogP) is 3.24. The lowest BCUT2D eigenvalue weighted by Crippen LogP contribution is -2.21. The second kappa shape index (κ2) is 5.39. The molecule has 0 heterocycles. The number of rotatable bonds is 5. The van der Waals surface area contributed by atoms with Gasteiger partial charge in [0.05, 0.1) is 0 Å². The van der Waals surface area contributed by atoms with Crippen LogP contribution in [0.1, 0.15) is 31.2 Å². The van der Waals surface area contributed by atoms with Crippen LogP contribution in [0.15, 0.2) is 18.2 Å². The van der Waals surface area contributed by atoms with Crippen LogP contribution in [0.5, 0.6) is 0 Å². The first kappa shape index (κ1) is 11.5. The summed E-state index contributed by atoms with van der Waals surface area (Å²) in [6.07, 6.45) is 5.16. The van der Waals surface area contributed by atoms with Crippen molar-refractivity contribution in [3.8, 4) is 0 Å². The van der Waals surface area contributed by atoms with Gasteiger partial charge in [0.1, 0.15) is 11.6 Å². The molecule has 1 N–H and O–H groups in total. The topological polar surface area (TPSA) is 12.0 Å². The highest BCUT2D eigenvalue weighted by atomic mass is 19.1. The molecule has 0 bridgehead atoms. The first-order chi connectivity index (χ1) is 7.75. The third kappa shape index (κ3) is 3.01. The Morgan fingerprint density at radius 1 is 1.25 bits per heavy atom. The normalized spacial score (nSPS) is 16.1. The van der Waals surface area contributed by atoms with Gasteiger partial charge < -0.3 is 5.32 Å². The minimum absolute atomic E-state index is 0.336. The largest absolute Gasteiger partial charge is 0.313 e. The molecule has 88 valence electrons. The second-order valence-electron chi connectivity index (χ2n) is 4.50. The lowest BCUT2D eigenvalue weighted by atomic mass is 9.83. The molecule has 1 nitrogen and oxygen atoms in total. The summed E-state index contributed by atoms with van der Waals surface area (Å²) in [4.78, 5) is 0. The highest BCUT2D eigenvalue weighted by Gasteiger charge is 2.16. The summed E-state index contributed by atoms with van der Waals surface area (Å²) >= 11 is 0. The summed E-state index contributed by atoms with van der Waals surface area (Å²) in [5.74, 6) is 0.139. The van der Waals surface area contributed by atoms with Gasteiger partial charge in [-0.1, -0.05) is 19.3 Å². The van der Waals surface area contributed by atoms with Crippen molar-refractivity contribution in [3.63, 3.8) is 0 Å². The Kier molecular flexibility index (Phi) is 3.88. The lowest BCUT2D eigenvalue weighted by Gasteiger charge is -2.25. The van der Waals surface area contributed by atoms with Crippen LogP contribution in [0.2, 0.25) is 0 Å². The second-order valence-corrected chi connectivity index (χ2v) is 4.50. The molecule has 0 aliphatic heterocycles. The molecule has 0 saturated heterocycles. The average Bonchev–Trinajstić information content (AvgIpc) is 2.20. The van der Waals surface area contributed by atoms with Gasteiger partial charge in [0.2, 0.25) is 0 Å². The maximum atomic E-state index is 13.2. The molecule has 0 aromatic heterocycles. The maximum absolute atomic E-state index is 13.2. The van der Waals surface area contributed by atoms with Gasteiger partial charge in [-0.2, -0.15) is 0 Å². The van der Waals surface area contributed by atoms with E-state index in [4.69, 9.17) is 0 Å². The van der Waals surface area contributed by atoms with Crippen molar-refractivity contribution < 1.29 is 8.78 Å². The molecule has 1 aromatic carbocycles. The zero-order valence-corrected chi connectivity index (χ0v) is 9.31. The van der Waals surface area contributed by atoms with Crippen LogP contribution in [0, 0.1) is 17.6 Å². The third-order valence-corrected chi connectivity index (χ3v) is 3.28. The fraction of sp³-hybridized carbons (Fsp3) is 0.538. The van der Waals surface area contributed by atoms with E-state index >= 15 is 0 Å². The Morgan fingerprint density at radius 3 is 2.75 bits per heavy atom. The van der Waals surface area contributed by atoms with Gasteiger partial charge in [0.15, 0.2) is 0 Å². The van der Waals surface area contributed by atoms with Crippen LogP contribution in [-0.4, -0.2) is 6.54 Å². The molecule has 16 heavy (non-hydrogen) atoms. The number of hydrogen-bond donors (Lipinski definition) is 1. The summed E-state index contributed by atoms with van der Waals surface area (Å²) < 4.78 is 26.1. The molecular formula is C13H17F2N. The molecule has 0 unspecified atom stereocenters. The minimum atomic E-state index is -0.378. The van der Waals surface area contributed by atoms with E-state index in [9.17, 15) is 8.78 Å². The molecule has 1 fully saturated rings. The lowest BCUT2D eigenvalue weighted by molar-refractivity contribution is 0.292. The summed E-state index contributed by atoms with van der Waals surface area (Å²) in [6.45, 7) is 1.30. The zero-order chi connectivity index (χ0) is 11.4. The van der Waals surface area contributed by atoms with Gasteiger partial charge in [0.25, 0.3) is 0 Å². The van der Waals surface area contributed by atoms with Crippen molar-refractivity contribution in [3.05, 3.63) is 35.4 Å². The molecule has 3 heteroatoms. The van der Waals surface area contributed by atoms with Gasteiger partial charge in [-0.3, -0.25) is 0 Å². The van der Waals surface area contributed by atoms with E-state index in [0.717, 1.165) is 24.9 Å². The standard InChI is InChI=1S/C13H17F2N/c14-12-4-5-13(15)11(8-12)9-16-7-6-10-2-1-3-10/h4-5,8,10,16H,1-3,6-7,9H2. The molecule has 0 radical (unpaired) electrons. The van der Waals surface area contributed by atoms with Gasteiger partial charge in [-0.25, -0.2) is 8.78 Å². The van der Waals surface area contributed by atoms with Crippen LogP contribution in [-0.2, 0) is 6.54 Å². The minimum Gasteiger partial charge on any atom is -0.313 e. The van der Waals surface area contributed by atoms with E-state index in [1.807, 2.05) is 0 Å². The fourth-order valence-electron chi connectivity index (χ4n) is 1.99. The van der Waals surface area contributed by atoms with E-state index < -0.39 is 0 Å². The summed E-state index contributed by atoms with van der Waals surface area (Å²) in [7, 11) is 0. The van der Waals surface area contributed by atoms with Gasteiger partial charge in [-0.05, 0) is 37.1 Å². The van der Waals surface area contributed by atoms with E-state index in [2.05, 4.69) is 5.32 Å². The van der Waals surface area contributed by atoms with Crippen molar-refractivity contribution in [2.45, 2.75) is 32.2 Å². The summed E-state index contributed by atoms with van der Waals surface area (Å²) in [5.41, 5.74) is 0.411. The number of nitrogens with one attached hydrogen (secondary N) is 1. The van der Waals surface area contributed by atoms with Crippen LogP contribution in [0.4, 0.5) is 8.78 Å². The Labute approximate surface area is 94.9 Å². The van der Waals surface area contributed by atoms with Crippen LogP contribution in [0.25, 0.3) is 0 Å². The molecule has 0 amide bonds. The van der Waals surface area contributed by atoms with E-state index in [1.54, 1.807) is 0 Å². The summed E-state index contributed by atoms with van der Waals surface area (Å²) in [5, 5.41) is 3.16. The predicted molar refractivity (Wildman–Crippen MR) is 60.0 cm³/mol. The highest BCUT2D eigenvalue weighted by molar-refractivity contribution is 5.18. The van der Waals surface area contributed by atoms with E-state index in [1.165, 1.54) is 31.4 Å². The van der Waals surface area contributed by atoms with Gasteiger partial charge in [-0.15, -0.1) is 0 Å². The van der Waals surface area contributed by atoms with Crippen LogP contribution >= 0.6 is 0 Å². The maximum Gasteiger partial charge on any atom is 0.127 e.